The van der Waals surface area contributed by atoms with Crippen molar-refractivity contribution in [1.82, 2.24) is 9.88 Å². The molecule has 0 radical (unpaired) electrons. The van der Waals surface area contributed by atoms with Crippen LogP contribution < -0.4 is 5.73 Å². The van der Waals surface area contributed by atoms with Gasteiger partial charge in [0.25, 0.3) is 0 Å². The number of aryl methyl sites for hydroxylation is 1. The van der Waals surface area contributed by atoms with Crippen molar-refractivity contribution >= 4 is 0 Å². The van der Waals surface area contributed by atoms with Crippen LogP contribution in [0.25, 0.3) is 0 Å². The number of piperidine rings is 1. The molecular weight excluding hydrogens is 255 g/mol. The molecule has 0 spiro atoms. The van der Waals surface area contributed by atoms with Crippen LogP contribution in [0, 0.1) is 12.7 Å². The lowest BCUT2D eigenvalue weighted by Crippen LogP contribution is -2.44. The summed E-state index contributed by atoms with van der Waals surface area (Å²) in [5, 5.41) is 0. The van der Waals surface area contributed by atoms with E-state index in [1.807, 2.05) is 0 Å². The number of likely N-dealkylation sites (tertiary alicyclic amines) is 1. The maximum absolute atomic E-state index is 14.1. The molecule has 0 atom stereocenters. The molecule has 0 bridgehead atoms. The molecule has 0 unspecified atom stereocenters. The van der Waals surface area contributed by atoms with Gasteiger partial charge >= 0.3 is 5.92 Å². The highest BCUT2D eigenvalue weighted by Gasteiger charge is 2.38. The van der Waals surface area contributed by atoms with Gasteiger partial charge in [-0.1, -0.05) is 0 Å². The lowest BCUT2D eigenvalue weighted by Gasteiger charge is -2.32. The number of alkyl halides is 2. The van der Waals surface area contributed by atoms with Crippen molar-refractivity contribution in [2.75, 3.05) is 19.6 Å². The standard InChI is InChI=1S/C13H18F3N3/c1-9-6-11(14)12(18-7-9)13(15,16)8-19-4-2-10(17)3-5-19/h6-7,10H,2-5,8,17H2,1H3. The van der Waals surface area contributed by atoms with Crippen molar-refractivity contribution in [2.45, 2.75) is 31.7 Å². The quantitative estimate of drug-likeness (QED) is 0.916. The summed E-state index contributed by atoms with van der Waals surface area (Å²) < 4.78 is 41.7. The summed E-state index contributed by atoms with van der Waals surface area (Å²) in [6, 6.07) is 1.17. The van der Waals surface area contributed by atoms with E-state index < -0.39 is 24.0 Å². The fourth-order valence-electron chi connectivity index (χ4n) is 2.27. The van der Waals surface area contributed by atoms with Crippen LogP contribution in [0.15, 0.2) is 12.3 Å². The molecule has 1 aromatic rings. The van der Waals surface area contributed by atoms with Gasteiger partial charge in [-0.05, 0) is 44.5 Å². The predicted molar refractivity (Wildman–Crippen MR) is 66.5 cm³/mol. The first-order valence-electron chi connectivity index (χ1n) is 6.37. The summed E-state index contributed by atoms with van der Waals surface area (Å²) in [7, 11) is 0. The summed E-state index contributed by atoms with van der Waals surface area (Å²) >= 11 is 0. The van der Waals surface area contributed by atoms with E-state index in [1.165, 1.54) is 6.20 Å². The Hall–Kier alpha value is -1.14. The number of halogens is 3. The van der Waals surface area contributed by atoms with Crippen LogP contribution in [-0.4, -0.2) is 35.6 Å². The van der Waals surface area contributed by atoms with E-state index in [4.69, 9.17) is 5.73 Å². The Balaban J connectivity index is 2.09. The van der Waals surface area contributed by atoms with Crippen molar-refractivity contribution in [2.24, 2.45) is 5.73 Å². The number of nitrogens with two attached hydrogens (primary N) is 1. The average Bonchev–Trinajstić information content (AvgIpc) is 2.31. The third-order valence-electron chi connectivity index (χ3n) is 3.38. The van der Waals surface area contributed by atoms with Crippen LogP contribution in [0.5, 0.6) is 0 Å². The Morgan fingerprint density at radius 1 is 1.42 bits per heavy atom. The molecule has 0 amide bonds. The number of hydrogen-bond donors (Lipinski definition) is 1. The van der Waals surface area contributed by atoms with Gasteiger partial charge in [0.15, 0.2) is 5.82 Å². The van der Waals surface area contributed by atoms with Gasteiger partial charge in [0.05, 0.1) is 6.54 Å². The average molecular weight is 273 g/mol. The molecule has 6 heteroatoms. The second-order valence-corrected chi connectivity index (χ2v) is 5.16. The van der Waals surface area contributed by atoms with Crippen LogP contribution in [-0.2, 0) is 5.92 Å². The second-order valence-electron chi connectivity index (χ2n) is 5.16. The van der Waals surface area contributed by atoms with Crippen molar-refractivity contribution < 1.29 is 13.2 Å². The Morgan fingerprint density at radius 2 is 2.05 bits per heavy atom. The molecule has 1 saturated heterocycles. The summed E-state index contributed by atoms with van der Waals surface area (Å²) in [6.45, 7) is 2.14. The van der Waals surface area contributed by atoms with Crippen molar-refractivity contribution in [3.05, 3.63) is 29.3 Å². The van der Waals surface area contributed by atoms with E-state index in [0.717, 1.165) is 6.07 Å². The van der Waals surface area contributed by atoms with Gasteiger partial charge in [-0.3, -0.25) is 9.88 Å². The molecule has 3 nitrogen and oxygen atoms in total. The highest BCUT2D eigenvalue weighted by molar-refractivity contribution is 5.18. The highest BCUT2D eigenvalue weighted by Crippen LogP contribution is 2.30. The van der Waals surface area contributed by atoms with Gasteiger partial charge in [0.1, 0.15) is 5.69 Å². The topological polar surface area (TPSA) is 42.2 Å². The molecular formula is C13H18F3N3. The molecule has 2 rings (SSSR count). The molecule has 0 aliphatic carbocycles. The Bertz CT molecular complexity index is 443. The van der Waals surface area contributed by atoms with Crippen molar-refractivity contribution in [1.29, 1.82) is 0 Å². The van der Waals surface area contributed by atoms with Gasteiger partial charge in [-0.25, -0.2) is 4.39 Å². The lowest BCUT2D eigenvalue weighted by atomic mass is 10.0. The highest BCUT2D eigenvalue weighted by atomic mass is 19.3. The van der Waals surface area contributed by atoms with Crippen molar-refractivity contribution in [3.8, 4) is 0 Å². The summed E-state index contributed by atoms with van der Waals surface area (Å²) in [4.78, 5) is 5.17. The molecule has 106 valence electrons. The van der Waals surface area contributed by atoms with E-state index in [2.05, 4.69) is 4.98 Å². The van der Waals surface area contributed by atoms with Crippen LogP contribution in [0.4, 0.5) is 13.2 Å². The Morgan fingerprint density at radius 3 is 2.63 bits per heavy atom. The molecule has 1 aliphatic rings. The number of aromatic nitrogens is 1. The molecule has 0 aromatic carbocycles. The zero-order valence-electron chi connectivity index (χ0n) is 10.9. The Kier molecular flexibility index (Phi) is 4.10. The first kappa shape index (κ1) is 14.3. The molecule has 2 N–H and O–H groups in total. The number of rotatable bonds is 3. The SMILES string of the molecule is Cc1cnc(C(F)(F)CN2CCC(N)CC2)c(F)c1. The fraction of sp³-hybridized carbons (Fsp3) is 0.615. The minimum atomic E-state index is -3.28. The van der Waals surface area contributed by atoms with Gasteiger partial charge in [-0.2, -0.15) is 8.78 Å². The van der Waals surface area contributed by atoms with Gasteiger partial charge in [0, 0.05) is 12.2 Å². The smallest absolute Gasteiger partial charge is 0.304 e. The zero-order valence-corrected chi connectivity index (χ0v) is 10.9. The van der Waals surface area contributed by atoms with E-state index in [9.17, 15) is 13.2 Å². The van der Waals surface area contributed by atoms with Gasteiger partial charge in [-0.15, -0.1) is 0 Å². The molecule has 1 fully saturated rings. The lowest BCUT2D eigenvalue weighted by molar-refractivity contribution is -0.0490. The van der Waals surface area contributed by atoms with E-state index in [0.29, 0.717) is 31.5 Å². The normalized spacial score (nSPS) is 18.8. The molecule has 1 aromatic heterocycles. The monoisotopic (exact) mass is 273 g/mol. The summed E-state index contributed by atoms with van der Waals surface area (Å²) in [5.74, 6) is -4.22. The summed E-state index contributed by atoms with van der Waals surface area (Å²) in [6.07, 6.45) is 2.65. The van der Waals surface area contributed by atoms with Crippen LogP contribution in [0.2, 0.25) is 0 Å². The minimum Gasteiger partial charge on any atom is -0.328 e. The largest absolute Gasteiger partial charge is 0.328 e. The molecule has 19 heavy (non-hydrogen) atoms. The maximum Gasteiger partial charge on any atom is 0.304 e. The number of nitrogens with zero attached hydrogens (tertiary/aromatic N) is 2. The second kappa shape index (κ2) is 5.46. The third-order valence-corrected chi connectivity index (χ3v) is 3.38. The first-order chi connectivity index (χ1) is 8.88. The first-order valence-corrected chi connectivity index (χ1v) is 6.37. The van der Waals surface area contributed by atoms with E-state index in [1.54, 1.807) is 11.8 Å². The summed E-state index contributed by atoms with van der Waals surface area (Å²) in [5.41, 5.74) is 5.48. The molecule has 1 aliphatic heterocycles. The maximum atomic E-state index is 14.1. The van der Waals surface area contributed by atoms with Crippen LogP contribution in [0.3, 0.4) is 0 Å². The van der Waals surface area contributed by atoms with E-state index in [-0.39, 0.29) is 6.04 Å². The van der Waals surface area contributed by atoms with Crippen LogP contribution >= 0.6 is 0 Å². The number of hydrogen-bond acceptors (Lipinski definition) is 3. The predicted octanol–water partition coefficient (Wildman–Crippen LogP) is 2.04. The molecule has 0 saturated carbocycles. The number of pyridine rings is 1. The minimum absolute atomic E-state index is 0.0825. The van der Waals surface area contributed by atoms with Crippen molar-refractivity contribution in [3.63, 3.8) is 0 Å². The van der Waals surface area contributed by atoms with E-state index >= 15 is 0 Å². The zero-order chi connectivity index (χ0) is 14.0. The fourth-order valence-corrected chi connectivity index (χ4v) is 2.27. The van der Waals surface area contributed by atoms with Crippen LogP contribution in [0.1, 0.15) is 24.1 Å². The van der Waals surface area contributed by atoms with Gasteiger partial charge < -0.3 is 5.73 Å². The van der Waals surface area contributed by atoms with Gasteiger partial charge in [0.2, 0.25) is 0 Å². The third kappa shape index (κ3) is 3.45. The molecule has 2 heterocycles. The Labute approximate surface area is 110 Å².